The first kappa shape index (κ1) is 20.1. The molecule has 1 N–H and O–H groups in total. The van der Waals surface area contributed by atoms with E-state index in [0.29, 0.717) is 11.3 Å². The predicted molar refractivity (Wildman–Crippen MR) is 113 cm³/mol. The van der Waals surface area contributed by atoms with E-state index in [2.05, 4.69) is 10.4 Å². The average Bonchev–Trinajstić information content (AvgIpc) is 3.24. The van der Waals surface area contributed by atoms with Crippen LogP contribution >= 0.6 is 11.6 Å². The van der Waals surface area contributed by atoms with Crippen molar-refractivity contribution in [3.63, 3.8) is 0 Å². The number of likely N-dealkylation sites (tertiary alicyclic amines) is 1. The van der Waals surface area contributed by atoms with Crippen molar-refractivity contribution >= 4 is 29.1 Å². The lowest BCUT2D eigenvalue weighted by atomic mass is 10.1. The number of carbonyl (C=O) groups excluding carboxylic acids is 2. The highest BCUT2D eigenvalue weighted by molar-refractivity contribution is 6.34. The van der Waals surface area contributed by atoms with Crippen LogP contribution in [0.25, 0.3) is 5.69 Å². The van der Waals surface area contributed by atoms with E-state index in [0.717, 1.165) is 32.4 Å². The zero-order chi connectivity index (χ0) is 21.1. The molecule has 6 nitrogen and oxygen atoms in total. The molecule has 154 valence electrons. The monoisotopic (exact) mass is 426 g/mol. The van der Waals surface area contributed by atoms with Crippen molar-refractivity contribution in [3.05, 3.63) is 76.8 Å². The first-order valence-corrected chi connectivity index (χ1v) is 10.1. The Morgan fingerprint density at radius 2 is 1.80 bits per heavy atom. The number of anilines is 1. The largest absolute Gasteiger partial charge is 0.339 e. The van der Waals surface area contributed by atoms with Gasteiger partial charge in [-0.05, 0) is 55.7 Å². The van der Waals surface area contributed by atoms with Crippen molar-refractivity contribution in [2.24, 2.45) is 0 Å². The number of hydrogen-bond donors (Lipinski definition) is 1. The topological polar surface area (TPSA) is 67.2 Å². The first-order chi connectivity index (χ1) is 14.5. The maximum atomic E-state index is 13.9. The molecule has 2 amide bonds. The second-order valence-corrected chi connectivity index (χ2v) is 7.51. The highest BCUT2D eigenvalue weighted by atomic mass is 35.5. The van der Waals surface area contributed by atoms with Crippen LogP contribution < -0.4 is 5.32 Å². The standard InChI is InChI=1S/C22H20ClFN4O2/c23-17-14-15(8-9-16(17)22(30)27-11-4-1-5-12-27)25-21(29)19-10-13-28(26-19)20-7-3-2-6-18(20)24/h2-3,6-10,13-14H,1,4-5,11-12H2,(H,25,29). The molecule has 0 bridgehead atoms. The van der Waals surface area contributed by atoms with Crippen LogP contribution in [0.4, 0.5) is 10.1 Å². The van der Waals surface area contributed by atoms with Crippen molar-refractivity contribution in [1.82, 2.24) is 14.7 Å². The number of para-hydroxylation sites is 1. The van der Waals surface area contributed by atoms with Gasteiger partial charge in [0.15, 0.2) is 5.69 Å². The fraction of sp³-hybridized carbons (Fsp3) is 0.227. The number of benzene rings is 2. The summed E-state index contributed by atoms with van der Waals surface area (Å²) in [6.07, 6.45) is 4.64. The van der Waals surface area contributed by atoms with E-state index in [1.54, 1.807) is 41.3 Å². The molecule has 0 radical (unpaired) electrons. The quantitative estimate of drug-likeness (QED) is 0.665. The Morgan fingerprint density at radius 1 is 1.03 bits per heavy atom. The maximum Gasteiger partial charge on any atom is 0.276 e. The normalized spacial score (nSPS) is 13.9. The van der Waals surface area contributed by atoms with E-state index in [-0.39, 0.29) is 22.3 Å². The van der Waals surface area contributed by atoms with Gasteiger partial charge in [0.25, 0.3) is 11.8 Å². The predicted octanol–water partition coefficient (Wildman–Crippen LogP) is 4.54. The van der Waals surface area contributed by atoms with Crippen molar-refractivity contribution in [2.45, 2.75) is 19.3 Å². The summed E-state index contributed by atoms with van der Waals surface area (Å²) < 4.78 is 15.2. The van der Waals surface area contributed by atoms with Gasteiger partial charge in [0, 0.05) is 25.0 Å². The molecule has 3 aromatic rings. The molecule has 2 aromatic carbocycles. The van der Waals surface area contributed by atoms with Gasteiger partial charge in [0.05, 0.1) is 10.6 Å². The van der Waals surface area contributed by atoms with Crippen LogP contribution in [0.15, 0.2) is 54.7 Å². The number of carbonyl (C=O) groups is 2. The lowest BCUT2D eigenvalue weighted by molar-refractivity contribution is 0.0724. The van der Waals surface area contributed by atoms with Crippen molar-refractivity contribution in [2.75, 3.05) is 18.4 Å². The zero-order valence-corrected chi connectivity index (χ0v) is 16.9. The molecule has 0 spiro atoms. The average molecular weight is 427 g/mol. The molecule has 4 rings (SSSR count). The van der Waals surface area contributed by atoms with Crippen LogP contribution in [-0.2, 0) is 0 Å². The summed E-state index contributed by atoms with van der Waals surface area (Å²) >= 11 is 6.31. The molecule has 8 heteroatoms. The van der Waals surface area contributed by atoms with Crippen LogP contribution in [0, 0.1) is 5.82 Å². The third-order valence-corrected chi connectivity index (χ3v) is 5.33. The van der Waals surface area contributed by atoms with E-state index in [1.807, 2.05) is 0 Å². The third kappa shape index (κ3) is 4.21. The molecule has 0 atom stereocenters. The van der Waals surface area contributed by atoms with Crippen LogP contribution in [0.5, 0.6) is 0 Å². The Morgan fingerprint density at radius 3 is 2.53 bits per heavy atom. The number of nitrogens with zero attached hydrogens (tertiary/aromatic N) is 3. The number of nitrogens with one attached hydrogen (secondary N) is 1. The number of rotatable bonds is 4. The van der Waals surface area contributed by atoms with Gasteiger partial charge in [0.2, 0.25) is 0 Å². The molecule has 1 fully saturated rings. The SMILES string of the molecule is O=C(Nc1ccc(C(=O)N2CCCCC2)c(Cl)c1)c1ccn(-c2ccccc2F)n1. The van der Waals surface area contributed by atoms with Crippen LogP contribution in [-0.4, -0.2) is 39.6 Å². The molecule has 0 saturated carbocycles. The van der Waals surface area contributed by atoms with Gasteiger partial charge in [-0.2, -0.15) is 5.10 Å². The summed E-state index contributed by atoms with van der Waals surface area (Å²) in [6.45, 7) is 1.47. The lowest BCUT2D eigenvalue weighted by Gasteiger charge is -2.27. The minimum absolute atomic E-state index is 0.0961. The number of amides is 2. The summed E-state index contributed by atoms with van der Waals surface area (Å²) in [4.78, 5) is 27.0. The highest BCUT2D eigenvalue weighted by Gasteiger charge is 2.21. The second-order valence-electron chi connectivity index (χ2n) is 7.10. The number of halogens is 2. The molecule has 0 unspecified atom stereocenters. The molecule has 30 heavy (non-hydrogen) atoms. The van der Waals surface area contributed by atoms with Gasteiger partial charge in [-0.15, -0.1) is 0 Å². The number of aromatic nitrogens is 2. The minimum atomic E-state index is -0.462. The summed E-state index contributed by atoms with van der Waals surface area (Å²) in [5.41, 5.74) is 1.24. The Balaban J connectivity index is 1.47. The maximum absolute atomic E-state index is 13.9. The summed E-state index contributed by atoms with van der Waals surface area (Å²) in [6, 6.07) is 12.5. The van der Waals surface area contributed by atoms with Crippen molar-refractivity contribution in [3.8, 4) is 5.69 Å². The van der Waals surface area contributed by atoms with E-state index >= 15 is 0 Å². The van der Waals surface area contributed by atoms with Gasteiger partial charge >= 0.3 is 0 Å². The molecular formula is C22H20ClFN4O2. The Kier molecular flexibility index (Phi) is 5.81. The lowest BCUT2D eigenvalue weighted by Crippen LogP contribution is -2.35. The van der Waals surface area contributed by atoms with Gasteiger partial charge in [-0.1, -0.05) is 23.7 Å². The van der Waals surface area contributed by atoms with Gasteiger partial charge in [-0.25, -0.2) is 9.07 Å². The molecule has 0 aliphatic carbocycles. The zero-order valence-electron chi connectivity index (χ0n) is 16.1. The van der Waals surface area contributed by atoms with E-state index in [9.17, 15) is 14.0 Å². The smallest absolute Gasteiger partial charge is 0.276 e. The molecule has 1 aliphatic heterocycles. The molecule has 1 saturated heterocycles. The van der Waals surface area contributed by atoms with Crippen LogP contribution in [0.1, 0.15) is 40.1 Å². The Hall–Kier alpha value is -3.19. The fourth-order valence-corrected chi connectivity index (χ4v) is 3.71. The summed E-state index contributed by atoms with van der Waals surface area (Å²) in [5, 5.41) is 7.12. The van der Waals surface area contributed by atoms with Gasteiger partial charge < -0.3 is 10.2 Å². The Labute approximate surface area is 178 Å². The van der Waals surface area contributed by atoms with E-state index in [1.165, 1.54) is 23.0 Å². The van der Waals surface area contributed by atoms with Crippen molar-refractivity contribution < 1.29 is 14.0 Å². The second kappa shape index (κ2) is 8.67. The number of piperidine rings is 1. The minimum Gasteiger partial charge on any atom is -0.339 e. The van der Waals surface area contributed by atoms with E-state index < -0.39 is 11.7 Å². The molecule has 1 aromatic heterocycles. The molecular weight excluding hydrogens is 407 g/mol. The highest BCUT2D eigenvalue weighted by Crippen LogP contribution is 2.24. The number of hydrogen-bond acceptors (Lipinski definition) is 3. The van der Waals surface area contributed by atoms with Gasteiger partial charge in [0.1, 0.15) is 11.5 Å². The molecule has 2 heterocycles. The first-order valence-electron chi connectivity index (χ1n) is 9.74. The van der Waals surface area contributed by atoms with E-state index in [4.69, 9.17) is 11.6 Å². The van der Waals surface area contributed by atoms with Gasteiger partial charge in [-0.3, -0.25) is 9.59 Å². The van der Waals surface area contributed by atoms with Crippen LogP contribution in [0.2, 0.25) is 5.02 Å². The molecule has 1 aliphatic rings. The fourth-order valence-electron chi connectivity index (χ4n) is 3.45. The van der Waals surface area contributed by atoms with Crippen molar-refractivity contribution in [1.29, 1.82) is 0 Å². The Bertz CT molecular complexity index is 1090. The third-order valence-electron chi connectivity index (χ3n) is 5.02. The van der Waals surface area contributed by atoms with Crippen LogP contribution in [0.3, 0.4) is 0 Å². The summed E-state index contributed by atoms with van der Waals surface area (Å²) in [7, 11) is 0. The summed E-state index contributed by atoms with van der Waals surface area (Å²) in [5.74, 6) is -0.995.